The molecule has 0 aromatic rings. The van der Waals surface area contributed by atoms with Gasteiger partial charge in [-0.1, -0.05) is 0 Å². The van der Waals surface area contributed by atoms with Crippen LogP contribution in [-0.4, -0.2) is 25.2 Å². The average Bonchev–Trinajstić information content (AvgIpc) is 1.87. The Kier molecular flexibility index (Phi) is 1.24. The molecule has 52 valence electrons. The van der Waals surface area contributed by atoms with Crippen molar-refractivity contribution in [1.82, 2.24) is 10.6 Å². The number of hydrogen-bond donors (Lipinski definition) is 2. The monoisotopic (exact) mass is 126 g/mol. The zero-order chi connectivity index (χ0) is 6.16. The molecule has 2 heteroatoms. The van der Waals surface area contributed by atoms with Gasteiger partial charge in [0.2, 0.25) is 0 Å². The van der Waals surface area contributed by atoms with Gasteiger partial charge in [0.1, 0.15) is 0 Å². The first-order valence-electron chi connectivity index (χ1n) is 3.87. The third-order valence-electron chi connectivity index (χ3n) is 2.58. The second kappa shape index (κ2) is 1.96. The molecule has 0 aromatic heterocycles. The lowest BCUT2D eigenvalue weighted by molar-refractivity contribution is 0.159. The van der Waals surface area contributed by atoms with Gasteiger partial charge in [0.25, 0.3) is 0 Å². The second-order valence-electron chi connectivity index (χ2n) is 3.24. The van der Waals surface area contributed by atoms with Crippen molar-refractivity contribution in [2.45, 2.75) is 24.8 Å². The first-order chi connectivity index (χ1) is 4.41. The van der Waals surface area contributed by atoms with Crippen LogP contribution in [0.5, 0.6) is 0 Å². The number of nitrogens with one attached hydrogen (secondary N) is 2. The first kappa shape index (κ1) is 5.69. The average molecular weight is 126 g/mol. The number of hydrogen-bond acceptors (Lipinski definition) is 2. The molecule has 0 aromatic carbocycles. The second-order valence-corrected chi connectivity index (χ2v) is 3.24. The fourth-order valence-electron chi connectivity index (χ4n) is 1.81. The molecule has 0 bridgehead atoms. The zero-order valence-corrected chi connectivity index (χ0v) is 5.74. The van der Waals surface area contributed by atoms with E-state index in [1.807, 2.05) is 0 Å². The predicted octanol–water partition coefficient (Wildman–Crippen LogP) is 0.102. The van der Waals surface area contributed by atoms with Crippen molar-refractivity contribution in [3.8, 4) is 0 Å². The Bertz CT molecular complexity index is 99.5. The van der Waals surface area contributed by atoms with Crippen LogP contribution in [0.3, 0.4) is 0 Å². The summed E-state index contributed by atoms with van der Waals surface area (Å²) >= 11 is 0. The molecular formula is C7H14N2. The standard InChI is InChI=1S/C7H14N2/c1-2-7(3-5-9-7)6-8-4-1/h8-9H,1-6H2. The molecule has 0 saturated carbocycles. The Labute approximate surface area is 56.0 Å². The van der Waals surface area contributed by atoms with Crippen molar-refractivity contribution in [2.75, 3.05) is 19.6 Å². The summed E-state index contributed by atoms with van der Waals surface area (Å²) in [5.74, 6) is 0. The van der Waals surface area contributed by atoms with Gasteiger partial charge in [0.15, 0.2) is 0 Å². The lowest BCUT2D eigenvalue weighted by Crippen LogP contribution is -2.64. The molecule has 2 N–H and O–H groups in total. The molecule has 2 aliphatic rings. The van der Waals surface area contributed by atoms with Crippen LogP contribution in [-0.2, 0) is 0 Å². The van der Waals surface area contributed by atoms with Crippen molar-refractivity contribution >= 4 is 0 Å². The summed E-state index contributed by atoms with van der Waals surface area (Å²) in [5.41, 5.74) is 0.540. The van der Waals surface area contributed by atoms with Gasteiger partial charge >= 0.3 is 0 Å². The van der Waals surface area contributed by atoms with Gasteiger partial charge < -0.3 is 10.6 Å². The minimum atomic E-state index is 0.540. The number of piperidine rings is 1. The van der Waals surface area contributed by atoms with Crippen molar-refractivity contribution < 1.29 is 0 Å². The van der Waals surface area contributed by atoms with Gasteiger partial charge in [-0.15, -0.1) is 0 Å². The van der Waals surface area contributed by atoms with Gasteiger partial charge in [0, 0.05) is 12.1 Å². The van der Waals surface area contributed by atoms with Crippen LogP contribution in [0.4, 0.5) is 0 Å². The van der Waals surface area contributed by atoms with E-state index in [2.05, 4.69) is 10.6 Å². The van der Waals surface area contributed by atoms with Crippen LogP contribution >= 0.6 is 0 Å². The Balaban J connectivity index is 1.93. The van der Waals surface area contributed by atoms with Crippen LogP contribution in [0.2, 0.25) is 0 Å². The van der Waals surface area contributed by atoms with E-state index in [4.69, 9.17) is 0 Å². The van der Waals surface area contributed by atoms with Crippen molar-refractivity contribution in [2.24, 2.45) is 0 Å². The molecule has 0 radical (unpaired) electrons. The van der Waals surface area contributed by atoms with E-state index >= 15 is 0 Å². The molecular weight excluding hydrogens is 112 g/mol. The molecule has 2 rings (SSSR count). The highest BCUT2D eigenvalue weighted by atomic mass is 15.1. The van der Waals surface area contributed by atoms with E-state index in [1.54, 1.807) is 0 Å². The Morgan fingerprint density at radius 2 is 2.00 bits per heavy atom. The topological polar surface area (TPSA) is 24.1 Å². The normalized spacial score (nSPS) is 42.7. The van der Waals surface area contributed by atoms with Gasteiger partial charge in [-0.25, -0.2) is 0 Å². The lowest BCUT2D eigenvalue weighted by atomic mass is 9.81. The molecule has 1 unspecified atom stereocenters. The zero-order valence-electron chi connectivity index (χ0n) is 5.74. The van der Waals surface area contributed by atoms with Gasteiger partial charge in [-0.3, -0.25) is 0 Å². The minimum Gasteiger partial charge on any atom is -0.315 e. The van der Waals surface area contributed by atoms with Gasteiger partial charge in [-0.2, -0.15) is 0 Å². The summed E-state index contributed by atoms with van der Waals surface area (Å²) in [6.45, 7) is 3.66. The minimum absolute atomic E-state index is 0.540. The van der Waals surface area contributed by atoms with E-state index in [-0.39, 0.29) is 0 Å². The number of rotatable bonds is 0. The molecule has 2 heterocycles. The van der Waals surface area contributed by atoms with Crippen LogP contribution in [0, 0.1) is 0 Å². The SMILES string of the molecule is C1CNCC2(C1)CCN2. The Hall–Kier alpha value is -0.0800. The summed E-state index contributed by atoms with van der Waals surface area (Å²) in [7, 11) is 0. The van der Waals surface area contributed by atoms with Crippen molar-refractivity contribution in [3.05, 3.63) is 0 Å². The molecule has 1 spiro atoms. The molecule has 2 nitrogen and oxygen atoms in total. The van der Waals surface area contributed by atoms with E-state index in [1.165, 1.54) is 38.9 Å². The maximum Gasteiger partial charge on any atom is 0.0318 e. The fraction of sp³-hybridized carbons (Fsp3) is 1.00. The molecule has 0 aliphatic carbocycles. The maximum atomic E-state index is 3.50. The highest BCUT2D eigenvalue weighted by Crippen LogP contribution is 2.25. The molecule has 2 fully saturated rings. The summed E-state index contributed by atoms with van der Waals surface area (Å²) in [6.07, 6.45) is 4.13. The van der Waals surface area contributed by atoms with Crippen LogP contribution in [0.15, 0.2) is 0 Å². The van der Waals surface area contributed by atoms with Crippen molar-refractivity contribution in [1.29, 1.82) is 0 Å². The van der Waals surface area contributed by atoms with Gasteiger partial charge in [0.05, 0.1) is 0 Å². The quantitative estimate of drug-likeness (QED) is 0.481. The van der Waals surface area contributed by atoms with E-state index < -0.39 is 0 Å². The van der Waals surface area contributed by atoms with E-state index in [9.17, 15) is 0 Å². The highest BCUT2D eigenvalue weighted by molar-refractivity contribution is 5.00. The summed E-state index contributed by atoms with van der Waals surface area (Å²) in [4.78, 5) is 0. The largest absolute Gasteiger partial charge is 0.315 e. The molecule has 0 amide bonds. The predicted molar refractivity (Wildman–Crippen MR) is 37.5 cm³/mol. The van der Waals surface area contributed by atoms with Crippen LogP contribution < -0.4 is 10.6 Å². The third-order valence-corrected chi connectivity index (χ3v) is 2.58. The van der Waals surface area contributed by atoms with Crippen molar-refractivity contribution in [3.63, 3.8) is 0 Å². The Morgan fingerprint density at radius 3 is 2.33 bits per heavy atom. The smallest absolute Gasteiger partial charge is 0.0318 e. The summed E-state index contributed by atoms with van der Waals surface area (Å²) in [6, 6.07) is 0. The molecule has 1 atom stereocenters. The fourth-order valence-corrected chi connectivity index (χ4v) is 1.81. The maximum absolute atomic E-state index is 3.50. The molecule has 9 heavy (non-hydrogen) atoms. The van der Waals surface area contributed by atoms with E-state index in [0.29, 0.717) is 5.54 Å². The van der Waals surface area contributed by atoms with Gasteiger partial charge in [-0.05, 0) is 32.4 Å². The van der Waals surface area contributed by atoms with E-state index in [0.717, 1.165) is 0 Å². The third kappa shape index (κ3) is 0.864. The Morgan fingerprint density at radius 1 is 1.11 bits per heavy atom. The summed E-state index contributed by atoms with van der Waals surface area (Å²) in [5, 5.41) is 6.91. The molecule has 2 saturated heterocycles. The van der Waals surface area contributed by atoms with Crippen LogP contribution in [0.1, 0.15) is 19.3 Å². The molecule has 2 aliphatic heterocycles. The lowest BCUT2D eigenvalue weighted by Gasteiger charge is -2.46. The van der Waals surface area contributed by atoms with Crippen LogP contribution in [0.25, 0.3) is 0 Å². The summed E-state index contributed by atoms with van der Waals surface area (Å²) < 4.78 is 0. The first-order valence-corrected chi connectivity index (χ1v) is 3.87. The highest BCUT2D eigenvalue weighted by Gasteiger charge is 2.36.